The van der Waals surface area contributed by atoms with E-state index in [9.17, 15) is 19.5 Å². The van der Waals surface area contributed by atoms with Crippen LogP contribution in [0.5, 0.6) is 0 Å². The van der Waals surface area contributed by atoms with Gasteiger partial charge in [0.25, 0.3) is 5.89 Å². The van der Waals surface area contributed by atoms with Gasteiger partial charge in [0.05, 0.1) is 18.0 Å². The molecular weight excluding hydrogens is 584 g/mol. The molecule has 3 aromatic rings. The number of aliphatic hydroxyl groups is 1. The Morgan fingerprint density at radius 1 is 0.978 bits per heavy atom. The number of hydrogen-bond acceptors (Lipinski definition) is 11. The molecule has 14 nitrogen and oxygen atoms in total. The molecule has 14 heteroatoms. The number of ether oxygens (including phenoxy) is 2. The van der Waals surface area contributed by atoms with E-state index in [1.54, 1.807) is 65.8 Å². The van der Waals surface area contributed by atoms with Crippen LogP contribution in [0.15, 0.2) is 41.0 Å². The van der Waals surface area contributed by atoms with Crippen LogP contribution in [0.1, 0.15) is 72.1 Å². The van der Waals surface area contributed by atoms with Gasteiger partial charge >= 0.3 is 18.3 Å². The molecule has 2 heterocycles. The minimum absolute atomic E-state index is 0.0605. The average molecular weight is 623 g/mol. The Kier molecular flexibility index (Phi) is 9.56. The highest BCUT2D eigenvalue weighted by molar-refractivity contribution is 6.10. The van der Waals surface area contributed by atoms with E-state index in [0.29, 0.717) is 35.4 Å². The summed E-state index contributed by atoms with van der Waals surface area (Å²) in [5.41, 5.74) is 0.587. The third kappa shape index (κ3) is 8.62. The quantitative estimate of drug-likeness (QED) is 0.332. The molecular formula is C31H38N6O8. The first-order valence-electron chi connectivity index (χ1n) is 14.4. The Labute approximate surface area is 260 Å². The highest BCUT2D eigenvalue weighted by atomic mass is 16.6. The van der Waals surface area contributed by atoms with Crippen LogP contribution in [0.4, 0.5) is 20.2 Å². The summed E-state index contributed by atoms with van der Waals surface area (Å²) >= 11 is 0. The van der Waals surface area contributed by atoms with Crippen LogP contribution in [0.25, 0.3) is 28.6 Å². The van der Waals surface area contributed by atoms with Gasteiger partial charge in [0.2, 0.25) is 5.89 Å². The number of carbonyl (C=O) groups excluding carboxylic acids is 2. The first-order valence-corrected chi connectivity index (χ1v) is 14.4. The predicted molar refractivity (Wildman–Crippen MR) is 163 cm³/mol. The maximum Gasteiger partial charge on any atom is 0.425 e. The van der Waals surface area contributed by atoms with Crippen molar-refractivity contribution in [3.63, 3.8) is 0 Å². The van der Waals surface area contributed by atoms with E-state index in [1.807, 2.05) is 6.08 Å². The Morgan fingerprint density at radius 2 is 1.58 bits per heavy atom. The average Bonchev–Trinajstić information content (AvgIpc) is 3.42. The van der Waals surface area contributed by atoms with Gasteiger partial charge in [-0.3, -0.25) is 0 Å². The molecule has 2 N–H and O–H groups in total. The Bertz CT molecular complexity index is 1560. The van der Waals surface area contributed by atoms with Gasteiger partial charge in [-0.15, -0.1) is 10.2 Å². The second-order valence-corrected chi connectivity index (χ2v) is 12.6. The number of carbonyl (C=O) groups is 3. The second-order valence-electron chi connectivity index (χ2n) is 12.6. The van der Waals surface area contributed by atoms with Gasteiger partial charge < -0.3 is 29.0 Å². The van der Waals surface area contributed by atoms with Crippen molar-refractivity contribution in [1.29, 1.82) is 0 Å². The summed E-state index contributed by atoms with van der Waals surface area (Å²) in [4.78, 5) is 49.1. The largest absolute Gasteiger partial charge is 0.465 e. The molecule has 1 aliphatic carbocycles. The van der Waals surface area contributed by atoms with Crippen molar-refractivity contribution < 1.29 is 38.5 Å². The van der Waals surface area contributed by atoms with Gasteiger partial charge in [-0.05, 0) is 84.1 Å². The summed E-state index contributed by atoms with van der Waals surface area (Å²) in [5.74, 6) is -0.249. The molecule has 1 atom stereocenters. The van der Waals surface area contributed by atoms with E-state index >= 15 is 0 Å². The summed E-state index contributed by atoms with van der Waals surface area (Å²) in [5, 5.41) is 27.4. The maximum absolute atomic E-state index is 13.5. The first kappa shape index (κ1) is 33.1. The Morgan fingerprint density at radius 3 is 2.11 bits per heavy atom. The van der Waals surface area contributed by atoms with Gasteiger partial charge in [-0.1, -0.05) is 18.2 Å². The SMILES string of the molecule is CN(Cc1ccc(-c2nnc(-c3nc(C4=CCC(O)CC4)cnc3N(C(=O)OC(C)(C)C)C(=O)OC(C)(C)C)o2)cc1)C(=O)O. The van der Waals surface area contributed by atoms with Gasteiger partial charge in [-0.25, -0.2) is 24.4 Å². The van der Waals surface area contributed by atoms with Crippen LogP contribution < -0.4 is 4.90 Å². The van der Waals surface area contributed by atoms with E-state index in [4.69, 9.17) is 24.0 Å². The van der Waals surface area contributed by atoms with Gasteiger partial charge in [0.15, 0.2) is 11.5 Å². The van der Waals surface area contributed by atoms with Crippen LogP contribution in [-0.2, 0) is 16.0 Å². The molecule has 0 spiro atoms. The number of amides is 3. The van der Waals surface area contributed by atoms with E-state index in [0.717, 1.165) is 16.0 Å². The highest BCUT2D eigenvalue weighted by Crippen LogP contribution is 2.34. The van der Waals surface area contributed by atoms with Gasteiger partial charge in [-0.2, -0.15) is 4.90 Å². The number of benzene rings is 1. The lowest BCUT2D eigenvalue weighted by atomic mass is 9.95. The van der Waals surface area contributed by atoms with E-state index < -0.39 is 35.6 Å². The van der Waals surface area contributed by atoms with Crippen molar-refractivity contribution in [1.82, 2.24) is 25.1 Å². The molecule has 1 aliphatic rings. The summed E-state index contributed by atoms with van der Waals surface area (Å²) in [7, 11) is 1.47. The predicted octanol–water partition coefficient (Wildman–Crippen LogP) is 5.91. The normalized spacial score (nSPS) is 15.2. The number of aliphatic hydroxyl groups excluding tert-OH is 1. The fourth-order valence-electron chi connectivity index (χ4n) is 4.29. The lowest BCUT2D eigenvalue weighted by Gasteiger charge is -2.28. The molecule has 45 heavy (non-hydrogen) atoms. The lowest BCUT2D eigenvalue weighted by molar-refractivity contribution is 0.0428. The standard InChI is InChI=1S/C31H38N6O8/c1-30(2,3)44-28(41)37(29(42)45-31(4,5)6)24-23(33-22(16-32-24)19-12-14-21(38)15-13-19)26-35-34-25(43-26)20-10-8-18(9-11-20)17-36(7)27(39)40/h8-12,16,21,38H,13-15,17H2,1-7H3,(H,39,40). The highest BCUT2D eigenvalue weighted by Gasteiger charge is 2.37. The minimum atomic E-state index is -1.05. The minimum Gasteiger partial charge on any atom is -0.465 e. The zero-order chi connectivity index (χ0) is 33.1. The Hall–Kier alpha value is -4.85. The fraction of sp³-hybridized carbons (Fsp3) is 0.452. The van der Waals surface area contributed by atoms with Crippen molar-refractivity contribution in [2.75, 3.05) is 11.9 Å². The maximum atomic E-state index is 13.5. The smallest absolute Gasteiger partial charge is 0.425 e. The van der Waals surface area contributed by atoms with Crippen LogP contribution in [0, 0.1) is 0 Å². The number of aromatic nitrogens is 4. The molecule has 0 bridgehead atoms. The lowest BCUT2D eigenvalue weighted by Crippen LogP contribution is -2.44. The molecule has 2 aromatic heterocycles. The van der Waals surface area contributed by atoms with Crippen molar-refractivity contribution in [2.45, 2.75) is 84.7 Å². The van der Waals surface area contributed by atoms with Crippen LogP contribution in [0.2, 0.25) is 0 Å². The summed E-state index contributed by atoms with van der Waals surface area (Å²) < 4.78 is 17.1. The number of allylic oxidation sites excluding steroid dienone is 1. The van der Waals surface area contributed by atoms with Crippen LogP contribution in [-0.4, -0.2) is 77.9 Å². The van der Waals surface area contributed by atoms with Gasteiger partial charge in [0.1, 0.15) is 11.2 Å². The molecule has 240 valence electrons. The summed E-state index contributed by atoms with van der Waals surface area (Å²) in [6.45, 7) is 10.1. The molecule has 0 aliphatic heterocycles. The van der Waals surface area contributed by atoms with Crippen molar-refractivity contribution in [3.8, 4) is 23.0 Å². The van der Waals surface area contributed by atoms with E-state index in [2.05, 4.69) is 15.2 Å². The topological polar surface area (TPSA) is 181 Å². The summed E-state index contributed by atoms with van der Waals surface area (Å²) in [6.07, 6.45) is 1.22. The molecule has 0 saturated carbocycles. The monoisotopic (exact) mass is 622 g/mol. The summed E-state index contributed by atoms with van der Waals surface area (Å²) in [6, 6.07) is 6.89. The molecule has 0 fully saturated rings. The van der Waals surface area contributed by atoms with Crippen molar-refractivity contribution >= 4 is 29.7 Å². The number of hydrogen-bond donors (Lipinski definition) is 2. The molecule has 1 unspecified atom stereocenters. The van der Waals surface area contributed by atoms with Crippen LogP contribution >= 0.6 is 0 Å². The molecule has 1 aromatic carbocycles. The van der Waals surface area contributed by atoms with Gasteiger partial charge in [0, 0.05) is 19.2 Å². The number of nitrogens with zero attached hydrogens (tertiary/aromatic N) is 6. The fourth-order valence-corrected chi connectivity index (χ4v) is 4.29. The number of imide groups is 1. The zero-order valence-electron chi connectivity index (χ0n) is 26.4. The third-order valence-electron chi connectivity index (χ3n) is 6.40. The van der Waals surface area contributed by atoms with Crippen molar-refractivity contribution in [3.05, 3.63) is 47.8 Å². The molecule has 0 saturated heterocycles. The van der Waals surface area contributed by atoms with Crippen LogP contribution in [0.3, 0.4) is 0 Å². The van der Waals surface area contributed by atoms with Crippen molar-refractivity contribution in [2.24, 2.45) is 0 Å². The first-order chi connectivity index (χ1) is 21.0. The molecule has 0 radical (unpaired) electrons. The molecule has 4 rings (SSSR count). The zero-order valence-corrected chi connectivity index (χ0v) is 26.4. The number of rotatable bonds is 6. The number of carboxylic acid groups (broad SMARTS) is 1. The Balaban J connectivity index is 1.80. The third-order valence-corrected chi connectivity index (χ3v) is 6.40. The molecule has 3 amide bonds. The van der Waals surface area contributed by atoms with E-state index in [1.165, 1.54) is 13.2 Å². The number of anilines is 1. The second kappa shape index (κ2) is 13.0. The van der Waals surface area contributed by atoms with E-state index in [-0.39, 0.29) is 29.8 Å².